The molecule has 0 aromatic heterocycles. The Balaban J connectivity index is 1.87. The molecular weight excluding hydrogens is 376 g/mol. The van der Waals surface area contributed by atoms with Gasteiger partial charge in [-0.2, -0.15) is 0 Å². The molecule has 0 bridgehead atoms. The van der Waals surface area contributed by atoms with Crippen LogP contribution in [-0.2, 0) is 14.6 Å². The van der Waals surface area contributed by atoms with Crippen molar-refractivity contribution >= 4 is 21.7 Å². The average molecular weight is 415 g/mol. The first-order valence-corrected chi connectivity index (χ1v) is 12.7. The molecule has 1 saturated heterocycles. The van der Waals surface area contributed by atoms with E-state index in [0.717, 1.165) is 44.9 Å². The van der Waals surface area contributed by atoms with Gasteiger partial charge in [0.2, 0.25) is 5.91 Å². The Hall–Kier alpha value is -1.31. The maximum Gasteiger partial charge on any atom is 0.225 e. The number of amides is 1. The predicted molar refractivity (Wildman–Crippen MR) is 114 cm³/mol. The Morgan fingerprint density at radius 2 is 1.89 bits per heavy atom. The van der Waals surface area contributed by atoms with Gasteiger partial charge >= 0.3 is 0 Å². The molecule has 2 fully saturated rings. The summed E-state index contributed by atoms with van der Waals surface area (Å²) in [6, 6.07) is 0.210. The lowest BCUT2D eigenvalue weighted by molar-refractivity contribution is -0.134. The van der Waals surface area contributed by atoms with E-state index in [2.05, 4.69) is 10.6 Å². The molecular formula is C20H38N4O3S. The van der Waals surface area contributed by atoms with Gasteiger partial charge in [-0.1, -0.05) is 26.7 Å². The summed E-state index contributed by atoms with van der Waals surface area (Å²) in [6.45, 7) is 8.97. The molecule has 28 heavy (non-hydrogen) atoms. The smallest absolute Gasteiger partial charge is 0.225 e. The molecule has 1 unspecified atom stereocenters. The molecule has 1 saturated carbocycles. The van der Waals surface area contributed by atoms with Gasteiger partial charge in [-0.25, -0.2) is 8.42 Å². The summed E-state index contributed by atoms with van der Waals surface area (Å²) in [7, 11) is -2.96. The van der Waals surface area contributed by atoms with Crippen molar-refractivity contribution in [2.45, 2.75) is 65.3 Å². The highest BCUT2D eigenvalue weighted by atomic mass is 32.2. The van der Waals surface area contributed by atoms with Gasteiger partial charge < -0.3 is 15.5 Å². The molecule has 8 heteroatoms. The number of sulfone groups is 1. The monoisotopic (exact) mass is 414 g/mol. The number of rotatable bonds is 8. The number of nitrogens with zero attached hydrogens (tertiary/aromatic N) is 2. The van der Waals surface area contributed by atoms with Crippen LogP contribution >= 0.6 is 0 Å². The third-order valence-corrected chi connectivity index (χ3v) is 6.65. The van der Waals surface area contributed by atoms with Crippen molar-refractivity contribution in [2.75, 3.05) is 38.2 Å². The van der Waals surface area contributed by atoms with Crippen molar-refractivity contribution in [3.63, 3.8) is 0 Å². The van der Waals surface area contributed by atoms with Crippen LogP contribution in [0.1, 0.15) is 59.3 Å². The Kier molecular flexibility index (Phi) is 8.16. The molecule has 2 rings (SSSR count). The van der Waals surface area contributed by atoms with Crippen LogP contribution in [0, 0.1) is 11.3 Å². The number of likely N-dealkylation sites (tertiary alicyclic amines) is 1. The highest BCUT2D eigenvalue weighted by molar-refractivity contribution is 7.90. The zero-order valence-corrected chi connectivity index (χ0v) is 18.8. The summed E-state index contributed by atoms with van der Waals surface area (Å²) in [5.74, 6) is 1.48. The summed E-state index contributed by atoms with van der Waals surface area (Å²) in [4.78, 5) is 19.3. The van der Waals surface area contributed by atoms with Crippen LogP contribution in [0.15, 0.2) is 4.99 Å². The van der Waals surface area contributed by atoms with Crippen LogP contribution in [-0.4, -0.2) is 69.4 Å². The SMILES string of the molecule is CCNC(=NCC(C)(C)CCS(C)(=O)=O)NC1CCN(C(=O)C2CCCC2)C1. The van der Waals surface area contributed by atoms with Crippen molar-refractivity contribution in [2.24, 2.45) is 16.3 Å². The van der Waals surface area contributed by atoms with Gasteiger partial charge in [-0.15, -0.1) is 0 Å². The Morgan fingerprint density at radius 1 is 1.21 bits per heavy atom. The fourth-order valence-electron chi connectivity index (χ4n) is 3.86. The number of hydrogen-bond acceptors (Lipinski definition) is 4. The molecule has 0 radical (unpaired) electrons. The zero-order valence-electron chi connectivity index (χ0n) is 18.0. The molecule has 2 N–H and O–H groups in total. The quantitative estimate of drug-likeness (QED) is 0.467. The summed E-state index contributed by atoms with van der Waals surface area (Å²) in [5.41, 5.74) is -0.189. The molecule has 1 aliphatic carbocycles. The van der Waals surface area contributed by atoms with Crippen LogP contribution in [0.25, 0.3) is 0 Å². The number of guanidine groups is 1. The molecule has 0 aromatic rings. The molecule has 0 spiro atoms. The minimum absolute atomic E-state index is 0.181. The standard InChI is InChI=1S/C20H38N4O3S/c1-5-21-19(22-15-20(2,3)11-13-28(4,26)27)23-17-10-12-24(14-17)18(25)16-8-6-7-9-16/h16-17H,5-15H2,1-4H3,(H2,21,22,23). The normalized spacial score (nSPS) is 21.9. The second kappa shape index (κ2) is 9.94. The summed E-state index contributed by atoms with van der Waals surface area (Å²) in [5, 5.41) is 6.73. The second-order valence-corrected chi connectivity index (χ2v) is 11.4. The summed E-state index contributed by atoms with van der Waals surface area (Å²) < 4.78 is 22.9. The first kappa shape index (κ1) is 23.0. The van der Waals surface area contributed by atoms with E-state index in [4.69, 9.17) is 4.99 Å². The second-order valence-electron chi connectivity index (χ2n) is 9.13. The van der Waals surface area contributed by atoms with Gasteiger partial charge in [0.25, 0.3) is 0 Å². The maximum atomic E-state index is 12.6. The van der Waals surface area contributed by atoms with E-state index in [0.29, 0.717) is 18.9 Å². The first-order valence-electron chi connectivity index (χ1n) is 10.6. The Bertz CT molecular complexity index is 654. The third kappa shape index (κ3) is 7.60. The van der Waals surface area contributed by atoms with E-state index in [1.807, 2.05) is 25.7 Å². The molecule has 7 nitrogen and oxygen atoms in total. The van der Waals surface area contributed by atoms with Gasteiger partial charge in [0.15, 0.2) is 5.96 Å². The van der Waals surface area contributed by atoms with E-state index in [-0.39, 0.29) is 23.1 Å². The Morgan fingerprint density at radius 3 is 2.50 bits per heavy atom. The molecule has 0 aromatic carbocycles. The summed E-state index contributed by atoms with van der Waals surface area (Å²) in [6.07, 6.45) is 7.23. The maximum absolute atomic E-state index is 12.6. The summed E-state index contributed by atoms with van der Waals surface area (Å²) >= 11 is 0. The van der Waals surface area contributed by atoms with E-state index >= 15 is 0 Å². The molecule has 1 heterocycles. The van der Waals surface area contributed by atoms with Gasteiger partial charge in [0, 0.05) is 44.4 Å². The van der Waals surface area contributed by atoms with Gasteiger partial charge in [0.05, 0.1) is 5.75 Å². The first-order chi connectivity index (χ1) is 13.1. The van der Waals surface area contributed by atoms with Crippen LogP contribution in [0.3, 0.4) is 0 Å². The zero-order chi connectivity index (χ0) is 20.8. The van der Waals surface area contributed by atoms with Gasteiger partial charge in [-0.05, 0) is 38.0 Å². The largest absolute Gasteiger partial charge is 0.357 e. The fraction of sp³-hybridized carbons (Fsp3) is 0.900. The minimum Gasteiger partial charge on any atom is -0.357 e. The highest BCUT2D eigenvalue weighted by Gasteiger charge is 2.32. The lowest BCUT2D eigenvalue weighted by Crippen LogP contribution is -2.45. The van der Waals surface area contributed by atoms with Crippen molar-refractivity contribution in [3.05, 3.63) is 0 Å². The molecule has 2 aliphatic rings. The molecule has 1 aliphatic heterocycles. The van der Waals surface area contributed by atoms with E-state index in [9.17, 15) is 13.2 Å². The van der Waals surface area contributed by atoms with Crippen molar-refractivity contribution in [3.8, 4) is 0 Å². The fourth-order valence-corrected chi connectivity index (χ4v) is 4.78. The third-order valence-electron chi connectivity index (χ3n) is 5.70. The van der Waals surface area contributed by atoms with Gasteiger partial charge in [-0.3, -0.25) is 9.79 Å². The molecule has 1 atom stereocenters. The van der Waals surface area contributed by atoms with Crippen molar-refractivity contribution in [1.82, 2.24) is 15.5 Å². The van der Waals surface area contributed by atoms with Crippen LogP contribution in [0.4, 0.5) is 0 Å². The number of nitrogens with one attached hydrogen (secondary N) is 2. The van der Waals surface area contributed by atoms with Crippen LogP contribution < -0.4 is 10.6 Å². The minimum atomic E-state index is -2.96. The molecule has 1 amide bonds. The number of carbonyl (C=O) groups is 1. The van der Waals surface area contributed by atoms with Crippen LogP contribution in [0.5, 0.6) is 0 Å². The van der Waals surface area contributed by atoms with Crippen molar-refractivity contribution < 1.29 is 13.2 Å². The van der Waals surface area contributed by atoms with E-state index in [1.54, 1.807) is 0 Å². The molecule has 162 valence electrons. The lowest BCUT2D eigenvalue weighted by Gasteiger charge is -2.24. The number of aliphatic imine (C=N–C) groups is 1. The average Bonchev–Trinajstić information content (AvgIpc) is 3.29. The topological polar surface area (TPSA) is 90.9 Å². The van der Waals surface area contributed by atoms with E-state index in [1.165, 1.54) is 19.1 Å². The van der Waals surface area contributed by atoms with Crippen molar-refractivity contribution in [1.29, 1.82) is 0 Å². The van der Waals surface area contributed by atoms with E-state index < -0.39 is 9.84 Å². The number of hydrogen-bond donors (Lipinski definition) is 2. The predicted octanol–water partition coefficient (Wildman–Crippen LogP) is 1.79. The highest BCUT2D eigenvalue weighted by Crippen LogP contribution is 2.28. The van der Waals surface area contributed by atoms with Crippen LogP contribution in [0.2, 0.25) is 0 Å². The number of carbonyl (C=O) groups excluding carboxylic acids is 1. The Labute approximate surface area is 170 Å². The van der Waals surface area contributed by atoms with Gasteiger partial charge in [0.1, 0.15) is 9.84 Å². The lowest BCUT2D eigenvalue weighted by atomic mass is 9.90.